The number of aromatic nitrogens is 2. The van der Waals surface area contributed by atoms with Crippen LogP contribution in [0, 0.1) is 0 Å². The molecular weight excluding hydrogens is 306 g/mol. The molecule has 0 aliphatic carbocycles. The van der Waals surface area contributed by atoms with Crippen LogP contribution in [0.2, 0.25) is 0 Å². The van der Waals surface area contributed by atoms with Crippen molar-refractivity contribution >= 4 is 21.7 Å². The Bertz CT molecular complexity index is 576. The number of hydrogen-bond donors (Lipinski definition) is 2. The fraction of sp³-hybridized carbons (Fsp3) is 0.357. The van der Waals surface area contributed by atoms with E-state index in [2.05, 4.69) is 32.2 Å². The molecule has 4 nitrogen and oxygen atoms in total. The van der Waals surface area contributed by atoms with Crippen molar-refractivity contribution in [2.75, 3.05) is 18.9 Å². The molecule has 0 saturated carbocycles. The first-order chi connectivity index (χ1) is 9.27. The molecule has 0 radical (unpaired) electrons. The minimum Gasteiger partial charge on any atom is -0.382 e. The first-order valence-electron chi connectivity index (χ1n) is 6.43. The molecule has 1 fully saturated rings. The number of rotatable bonds is 2. The van der Waals surface area contributed by atoms with Crippen molar-refractivity contribution in [3.8, 4) is 11.1 Å². The molecule has 1 aliphatic rings. The lowest BCUT2D eigenvalue weighted by atomic mass is 9.93. The quantitative estimate of drug-likeness (QED) is 0.891. The van der Waals surface area contributed by atoms with Crippen molar-refractivity contribution in [3.63, 3.8) is 0 Å². The summed E-state index contributed by atoms with van der Waals surface area (Å²) in [6.45, 7) is 1.59. The number of ether oxygens (including phenoxy) is 1. The summed E-state index contributed by atoms with van der Waals surface area (Å²) >= 11 is 3.58. The van der Waals surface area contributed by atoms with Crippen LogP contribution in [0.15, 0.2) is 28.7 Å². The second-order valence-corrected chi connectivity index (χ2v) is 5.65. The average Bonchev–Trinajstić information content (AvgIpc) is 2.82. The molecule has 1 aromatic carbocycles. The van der Waals surface area contributed by atoms with Gasteiger partial charge in [0.1, 0.15) is 0 Å². The van der Waals surface area contributed by atoms with E-state index in [1.807, 2.05) is 18.2 Å². The van der Waals surface area contributed by atoms with Crippen LogP contribution in [-0.2, 0) is 4.74 Å². The van der Waals surface area contributed by atoms with Gasteiger partial charge in [-0.15, -0.1) is 0 Å². The molecule has 1 atom stereocenters. The van der Waals surface area contributed by atoms with Crippen LogP contribution in [0.1, 0.15) is 24.5 Å². The third-order valence-electron chi connectivity index (χ3n) is 3.53. The van der Waals surface area contributed by atoms with E-state index in [-0.39, 0.29) is 0 Å². The number of halogens is 1. The van der Waals surface area contributed by atoms with Crippen molar-refractivity contribution in [1.29, 1.82) is 0 Å². The van der Waals surface area contributed by atoms with E-state index >= 15 is 0 Å². The lowest BCUT2D eigenvalue weighted by Crippen LogP contribution is -2.16. The van der Waals surface area contributed by atoms with Gasteiger partial charge >= 0.3 is 0 Å². The van der Waals surface area contributed by atoms with Gasteiger partial charge in [0, 0.05) is 28.1 Å². The SMILES string of the molecule is Nc1n[nH]c(C2CCCOC2)c1-c1ccccc1Br. The first-order valence-corrected chi connectivity index (χ1v) is 7.23. The van der Waals surface area contributed by atoms with E-state index in [9.17, 15) is 0 Å². The summed E-state index contributed by atoms with van der Waals surface area (Å²) in [6, 6.07) is 8.07. The zero-order chi connectivity index (χ0) is 13.2. The van der Waals surface area contributed by atoms with E-state index in [0.717, 1.165) is 47.3 Å². The van der Waals surface area contributed by atoms with Crippen LogP contribution >= 0.6 is 15.9 Å². The number of nitrogen functional groups attached to an aromatic ring is 1. The molecule has 1 unspecified atom stereocenters. The topological polar surface area (TPSA) is 63.9 Å². The van der Waals surface area contributed by atoms with Gasteiger partial charge in [0.05, 0.1) is 12.3 Å². The number of anilines is 1. The standard InChI is InChI=1S/C14H16BrN3O/c15-11-6-2-1-5-10(11)12-13(17-18-14(12)16)9-4-3-7-19-8-9/h1-2,5-6,9H,3-4,7-8H2,(H3,16,17,18). The lowest BCUT2D eigenvalue weighted by molar-refractivity contribution is 0.0794. The van der Waals surface area contributed by atoms with Crippen LogP contribution in [-0.4, -0.2) is 23.4 Å². The fourth-order valence-electron chi connectivity index (χ4n) is 2.58. The van der Waals surface area contributed by atoms with Gasteiger partial charge in [-0.05, 0) is 18.9 Å². The third kappa shape index (κ3) is 2.40. The number of nitrogens with one attached hydrogen (secondary N) is 1. The van der Waals surface area contributed by atoms with Crippen molar-refractivity contribution in [1.82, 2.24) is 10.2 Å². The maximum atomic E-state index is 6.04. The Morgan fingerprint density at radius 2 is 2.21 bits per heavy atom. The van der Waals surface area contributed by atoms with E-state index in [1.54, 1.807) is 0 Å². The Labute approximate surface area is 120 Å². The minimum absolute atomic E-state index is 0.348. The summed E-state index contributed by atoms with van der Waals surface area (Å²) in [5, 5.41) is 7.28. The maximum Gasteiger partial charge on any atom is 0.153 e. The Morgan fingerprint density at radius 3 is 2.95 bits per heavy atom. The van der Waals surface area contributed by atoms with Crippen LogP contribution in [0.3, 0.4) is 0 Å². The Morgan fingerprint density at radius 1 is 1.37 bits per heavy atom. The highest BCUT2D eigenvalue weighted by Gasteiger charge is 2.24. The molecule has 5 heteroatoms. The van der Waals surface area contributed by atoms with Gasteiger partial charge in [-0.25, -0.2) is 0 Å². The second-order valence-electron chi connectivity index (χ2n) is 4.79. The van der Waals surface area contributed by atoms with Crippen molar-refractivity contribution in [2.45, 2.75) is 18.8 Å². The van der Waals surface area contributed by atoms with Gasteiger partial charge in [0.2, 0.25) is 0 Å². The molecule has 0 amide bonds. The predicted octanol–water partition coefficient (Wildman–Crippen LogP) is 3.32. The molecule has 3 N–H and O–H groups in total. The summed E-state index contributed by atoms with van der Waals surface area (Å²) in [7, 11) is 0. The molecule has 19 heavy (non-hydrogen) atoms. The first kappa shape index (κ1) is 12.7. The van der Waals surface area contributed by atoms with Crippen molar-refractivity contribution in [3.05, 3.63) is 34.4 Å². The summed E-state index contributed by atoms with van der Waals surface area (Å²) in [4.78, 5) is 0. The van der Waals surface area contributed by atoms with Gasteiger partial charge in [0.25, 0.3) is 0 Å². The Kier molecular flexibility index (Phi) is 3.57. The van der Waals surface area contributed by atoms with Gasteiger partial charge in [-0.3, -0.25) is 5.10 Å². The summed E-state index contributed by atoms with van der Waals surface area (Å²) in [6.07, 6.45) is 2.19. The van der Waals surface area contributed by atoms with E-state index in [1.165, 1.54) is 0 Å². The number of nitrogens with zero attached hydrogens (tertiary/aromatic N) is 1. The molecule has 1 saturated heterocycles. The summed E-state index contributed by atoms with van der Waals surface area (Å²) in [5.74, 6) is 0.896. The van der Waals surface area contributed by atoms with Gasteiger partial charge < -0.3 is 10.5 Å². The van der Waals surface area contributed by atoms with Crippen molar-refractivity contribution in [2.24, 2.45) is 0 Å². The predicted molar refractivity (Wildman–Crippen MR) is 78.9 cm³/mol. The summed E-state index contributed by atoms with van der Waals surface area (Å²) < 4.78 is 6.60. The number of nitrogens with two attached hydrogens (primary N) is 1. The van der Waals surface area contributed by atoms with Crippen LogP contribution in [0.25, 0.3) is 11.1 Å². The highest BCUT2D eigenvalue weighted by molar-refractivity contribution is 9.10. The van der Waals surface area contributed by atoms with Gasteiger partial charge in [-0.2, -0.15) is 5.10 Å². The number of H-pyrrole nitrogens is 1. The average molecular weight is 322 g/mol. The van der Waals surface area contributed by atoms with Crippen LogP contribution < -0.4 is 5.73 Å². The zero-order valence-corrected chi connectivity index (χ0v) is 12.1. The van der Waals surface area contributed by atoms with Gasteiger partial charge in [0.15, 0.2) is 5.82 Å². The van der Waals surface area contributed by atoms with Crippen LogP contribution in [0.4, 0.5) is 5.82 Å². The zero-order valence-electron chi connectivity index (χ0n) is 10.5. The molecule has 2 heterocycles. The maximum absolute atomic E-state index is 6.04. The molecule has 100 valence electrons. The molecule has 3 rings (SSSR count). The lowest BCUT2D eigenvalue weighted by Gasteiger charge is -2.22. The molecule has 1 aliphatic heterocycles. The highest BCUT2D eigenvalue weighted by Crippen LogP contribution is 2.38. The molecular formula is C14H16BrN3O. The van der Waals surface area contributed by atoms with E-state index in [0.29, 0.717) is 11.7 Å². The monoisotopic (exact) mass is 321 g/mol. The van der Waals surface area contributed by atoms with Gasteiger partial charge in [-0.1, -0.05) is 34.1 Å². The van der Waals surface area contributed by atoms with Crippen LogP contribution in [0.5, 0.6) is 0 Å². The minimum atomic E-state index is 0.348. The normalized spacial score (nSPS) is 19.5. The number of benzene rings is 1. The smallest absolute Gasteiger partial charge is 0.153 e. The second kappa shape index (κ2) is 5.35. The molecule has 0 spiro atoms. The third-order valence-corrected chi connectivity index (χ3v) is 4.23. The number of aromatic amines is 1. The van der Waals surface area contributed by atoms with E-state index in [4.69, 9.17) is 10.5 Å². The molecule has 2 aromatic rings. The Balaban J connectivity index is 2.06. The van der Waals surface area contributed by atoms with E-state index < -0.39 is 0 Å². The molecule has 1 aromatic heterocycles. The largest absolute Gasteiger partial charge is 0.382 e. The summed E-state index contributed by atoms with van der Waals surface area (Å²) in [5.41, 5.74) is 9.21. The fourth-order valence-corrected chi connectivity index (χ4v) is 3.06. The molecule has 0 bridgehead atoms. The highest BCUT2D eigenvalue weighted by atomic mass is 79.9. The number of hydrogen-bond acceptors (Lipinski definition) is 3. The Hall–Kier alpha value is -1.33. The van der Waals surface area contributed by atoms with Crippen molar-refractivity contribution < 1.29 is 4.74 Å².